The van der Waals surface area contributed by atoms with Crippen LogP contribution in [-0.2, 0) is 4.79 Å². The Morgan fingerprint density at radius 1 is 1.22 bits per heavy atom. The molecule has 0 radical (unpaired) electrons. The molecule has 1 fully saturated rings. The van der Waals surface area contributed by atoms with Crippen LogP contribution < -0.4 is 16.4 Å². The molecule has 0 bridgehead atoms. The monoisotopic (exact) mass is 315 g/mol. The molecule has 4 N–H and O–H groups in total. The predicted molar refractivity (Wildman–Crippen MR) is 92.2 cm³/mol. The third kappa shape index (κ3) is 5.21. The number of benzene rings is 1. The van der Waals surface area contributed by atoms with Crippen LogP contribution in [0.3, 0.4) is 0 Å². The summed E-state index contributed by atoms with van der Waals surface area (Å²) in [4.78, 5) is 23.9. The topological polar surface area (TPSA) is 84.2 Å². The van der Waals surface area contributed by atoms with Crippen LogP contribution in [0.5, 0.6) is 0 Å². The zero-order valence-corrected chi connectivity index (χ0v) is 13.4. The van der Waals surface area contributed by atoms with Crippen LogP contribution in [0.2, 0.25) is 0 Å². The van der Waals surface area contributed by atoms with Crippen LogP contribution in [0.15, 0.2) is 36.9 Å². The zero-order chi connectivity index (χ0) is 16.7. The Morgan fingerprint density at radius 2 is 1.91 bits per heavy atom. The molecule has 0 saturated heterocycles. The molecule has 2 unspecified atom stereocenters. The number of rotatable bonds is 6. The predicted octanol–water partition coefficient (Wildman–Crippen LogP) is 2.45. The van der Waals surface area contributed by atoms with Crippen LogP contribution >= 0.6 is 0 Å². The smallest absolute Gasteiger partial charge is 0.251 e. The Kier molecular flexibility index (Phi) is 6.35. The fraction of sp³-hybridized carbons (Fsp3) is 0.444. The van der Waals surface area contributed by atoms with E-state index < -0.39 is 0 Å². The van der Waals surface area contributed by atoms with E-state index in [1.54, 1.807) is 30.3 Å². The van der Waals surface area contributed by atoms with E-state index in [0.717, 1.165) is 25.7 Å². The molecule has 5 nitrogen and oxygen atoms in total. The van der Waals surface area contributed by atoms with E-state index in [0.29, 0.717) is 24.2 Å². The van der Waals surface area contributed by atoms with Gasteiger partial charge in [0.05, 0.1) is 0 Å². The first kappa shape index (κ1) is 17.2. The quantitative estimate of drug-likeness (QED) is 0.705. The number of carbonyl (C=O) groups is 2. The minimum absolute atomic E-state index is 0.0174. The lowest BCUT2D eigenvalue weighted by atomic mass is 9.83. The van der Waals surface area contributed by atoms with Crippen molar-refractivity contribution in [3.05, 3.63) is 42.5 Å². The number of nitrogens with two attached hydrogens (primary N) is 1. The van der Waals surface area contributed by atoms with Crippen LogP contribution in [0.4, 0.5) is 5.69 Å². The molecule has 1 aliphatic rings. The highest BCUT2D eigenvalue weighted by Gasteiger charge is 2.24. The average Bonchev–Trinajstić information content (AvgIpc) is 2.55. The highest BCUT2D eigenvalue weighted by atomic mass is 16.2. The normalized spacial score (nSPS) is 20.6. The van der Waals surface area contributed by atoms with Crippen LogP contribution in [0.25, 0.3) is 0 Å². The van der Waals surface area contributed by atoms with Crippen LogP contribution in [0, 0.1) is 5.92 Å². The fourth-order valence-corrected chi connectivity index (χ4v) is 2.91. The number of hydrogen-bond donors (Lipinski definition) is 3. The average molecular weight is 315 g/mol. The lowest BCUT2D eigenvalue weighted by Gasteiger charge is -2.27. The largest absolute Gasteiger partial charge is 0.349 e. The van der Waals surface area contributed by atoms with Gasteiger partial charge in [0.15, 0.2) is 0 Å². The van der Waals surface area contributed by atoms with Crippen molar-refractivity contribution in [1.29, 1.82) is 0 Å². The molecule has 124 valence electrons. The van der Waals surface area contributed by atoms with Gasteiger partial charge in [-0.05, 0) is 43.0 Å². The molecule has 0 aromatic heterocycles. The zero-order valence-electron chi connectivity index (χ0n) is 13.4. The minimum Gasteiger partial charge on any atom is -0.349 e. The summed E-state index contributed by atoms with van der Waals surface area (Å²) in [5, 5.41) is 5.59. The van der Waals surface area contributed by atoms with E-state index in [-0.39, 0.29) is 23.8 Å². The van der Waals surface area contributed by atoms with Crippen LogP contribution in [-0.4, -0.2) is 24.4 Å². The second kappa shape index (κ2) is 8.48. The van der Waals surface area contributed by atoms with E-state index in [1.165, 1.54) is 0 Å². The SMILES string of the molecule is C=CCNC(=O)c1ccc(NC(=O)CC2CCCCC2N)cc1. The van der Waals surface area contributed by atoms with Crippen molar-refractivity contribution in [2.45, 2.75) is 38.1 Å². The molecule has 2 rings (SSSR count). The first-order valence-electron chi connectivity index (χ1n) is 8.14. The Balaban J connectivity index is 1.86. The van der Waals surface area contributed by atoms with Gasteiger partial charge in [0.25, 0.3) is 5.91 Å². The Bertz CT molecular complexity index is 554. The van der Waals surface area contributed by atoms with Gasteiger partial charge in [0, 0.05) is 30.3 Å². The van der Waals surface area contributed by atoms with Crippen molar-refractivity contribution in [3.8, 4) is 0 Å². The van der Waals surface area contributed by atoms with E-state index in [9.17, 15) is 9.59 Å². The maximum atomic E-state index is 12.1. The molecule has 1 aromatic carbocycles. The second-order valence-corrected chi connectivity index (χ2v) is 6.04. The maximum absolute atomic E-state index is 12.1. The van der Waals surface area contributed by atoms with Gasteiger partial charge in [-0.2, -0.15) is 0 Å². The molecule has 1 saturated carbocycles. The first-order chi connectivity index (χ1) is 11.1. The van der Waals surface area contributed by atoms with Crippen molar-refractivity contribution >= 4 is 17.5 Å². The summed E-state index contributed by atoms with van der Waals surface area (Å²) >= 11 is 0. The highest BCUT2D eigenvalue weighted by Crippen LogP contribution is 2.26. The molecule has 0 spiro atoms. The third-order valence-electron chi connectivity index (χ3n) is 4.25. The third-order valence-corrected chi connectivity index (χ3v) is 4.25. The summed E-state index contributed by atoms with van der Waals surface area (Å²) in [6, 6.07) is 6.99. The van der Waals surface area contributed by atoms with Gasteiger partial charge in [-0.1, -0.05) is 18.9 Å². The minimum atomic E-state index is -0.157. The summed E-state index contributed by atoms with van der Waals surface area (Å²) < 4.78 is 0. The van der Waals surface area contributed by atoms with Gasteiger partial charge in [0.2, 0.25) is 5.91 Å². The molecule has 0 aliphatic heterocycles. The summed E-state index contributed by atoms with van der Waals surface area (Å²) in [6.07, 6.45) is 6.43. The molecule has 1 aliphatic carbocycles. The molecular weight excluding hydrogens is 290 g/mol. The second-order valence-electron chi connectivity index (χ2n) is 6.04. The van der Waals surface area contributed by atoms with E-state index in [4.69, 9.17) is 5.73 Å². The van der Waals surface area contributed by atoms with E-state index >= 15 is 0 Å². The summed E-state index contributed by atoms with van der Waals surface area (Å²) in [6.45, 7) is 3.98. The fourth-order valence-electron chi connectivity index (χ4n) is 2.91. The number of anilines is 1. The molecule has 2 atom stereocenters. The van der Waals surface area contributed by atoms with Gasteiger partial charge in [-0.25, -0.2) is 0 Å². The lowest BCUT2D eigenvalue weighted by Crippen LogP contribution is -2.35. The van der Waals surface area contributed by atoms with E-state index in [2.05, 4.69) is 17.2 Å². The molecule has 5 heteroatoms. The highest BCUT2D eigenvalue weighted by molar-refractivity contribution is 5.95. The molecule has 1 aromatic rings. The Hall–Kier alpha value is -2.14. The van der Waals surface area contributed by atoms with Gasteiger partial charge < -0.3 is 16.4 Å². The van der Waals surface area contributed by atoms with Gasteiger partial charge >= 0.3 is 0 Å². The summed E-state index contributed by atoms with van der Waals surface area (Å²) in [5.74, 6) is 0.0971. The van der Waals surface area contributed by atoms with Gasteiger partial charge in [0.1, 0.15) is 0 Å². The van der Waals surface area contributed by atoms with Crippen molar-refractivity contribution in [2.24, 2.45) is 11.7 Å². The number of carbonyl (C=O) groups excluding carboxylic acids is 2. The van der Waals surface area contributed by atoms with Crippen molar-refractivity contribution in [1.82, 2.24) is 5.32 Å². The first-order valence-corrected chi connectivity index (χ1v) is 8.14. The van der Waals surface area contributed by atoms with Crippen molar-refractivity contribution in [2.75, 3.05) is 11.9 Å². The number of nitrogens with one attached hydrogen (secondary N) is 2. The van der Waals surface area contributed by atoms with Gasteiger partial charge in [-0.3, -0.25) is 9.59 Å². The van der Waals surface area contributed by atoms with Crippen molar-refractivity contribution in [3.63, 3.8) is 0 Å². The summed E-state index contributed by atoms with van der Waals surface area (Å²) in [7, 11) is 0. The molecule has 23 heavy (non-hydrogen) atoms. The Morgan fingerprint density at radius 3 is 2.57 bits per heavy atom. The van der Waals surface area contributed by atoms with E-state index in [1.807, 2.05) is 0 Å². The van der Waals surface area contributed by atoms with Gasteiger partial charge in [-0.15, -0.1) is 6.58 Å². The molecule has 0 heterocycles. The van der Waals surface area contributed by atoms with Crippen LogP contribution in [0.1, 0.15) is 42.5 Å². The molecular formula is C18H25N3O2. The Labute approximate surface area is 137 Å². The molecule has 2 amide bonds. The maximum Gasteiger partial charge on any atom is 0.251 e. The standard InChI is InChI=1S/C18H25N3O2/c1-2-11-20-18(23)13-7-9-15(10-8-13)21-17(22)12-14-5-3-4-6-16(14)19/h2,7-10,14,16H,1,3-6,11-12,19H2,(H,20,23)(H,21,22). The lowest BCUT2D eigenvalue weighted by molar-refractivity contribution is -0.117. The number of hydrogen-bond acceptors (Lipinski definition) is 3. The summed E-state index contributed by atoms with van der Waals surface area (Å²) in [5.41, 5.74) is 7.33. The van der Waals surface area contributed by atoms with Crippen molar-refractivity contribution < 1.29 is 9.59 Å². The number of amides is 2.